The molecule has 3 aromatic rings. The molecule has 154 valence electrons. The Morgan fingerprint density at radius 2 is 1.97 bits per heavy atom. The van der Waals surface area contributed by atoms with E-state index < -0.39 is 0 Å². The molecule has 0 spiro atoms. The molecular weight excluding hydrogens is 531 g/mol. The fourth-order valence-corrected chi connectivity index (χ4v) is 4.08. The van der Waals surface area contributed by atoms with E-state index in [1.54, 1.807) is 18.3 Å². The van der Waals surface area contributed by atoms with Gasteiger partial charge in [-0.2, -0.15) is 5.10 Å². The minimum Gasteiger partial charge on any atom is -0.488 e. The maximum Gasteiger partial charge on any atom is 0.250 e. The number of rotatable bonds is 8. The maximum atomic E-state index is 11.9. The van der Waals surface area contributed by atoms with Crippen molar-refractivity contribution in [1.82, 2.24) is 5.43 Å². The molecule has 0 saturated heterocycles. The Kier molecular flexibility index (Phi) is 8.60. The molecule has 0 radical (unpaired) electrons. The summed E-state index contributed by atoms with van der Waals surface area (Å²) in [5.74, 6) is 0.930. The van der Waals surface area contributed by atoms with Crippen LogP contribution in [0.25, 0.3) is 0 Å². The van der Waals surface area contributed by atoms with Gasteiger partial charge in [-0.1, -0.05) is 41.4 Å². The molecule has 0 saturated carbocycles. The predicted molar refractivity (Wildman–Crippen MR) is 133 cm³/mol. The van der Waals surface area contributed by atoms with Gasteiger partial charge in [0.15, 0.2) is 0 Å². The van der Waals surface area contributed by atoms with Gasteiger partial charge in [0.1, 0.15) is 12.4 Å². The highest BCUT2D eigenvalue weighted by Gasteiger charge is 2.04. The third-order valence-electron chi connectivity index (χ3n) is 4.02. The quantitative estimate of drug-likeness (QED) is 0.160. The van der Waals surface area contributed by atoms with Crippen LogP contribution in [0.1, 0.15) is 16.7 Å². The zero-order valence-corrected chi connectivity index (χ0v) is 20.0. The average molecular weight is 551 g/mol. The van der Waals surface area contributed by atoms with Crippen LogP contribution in [-0.4, -0.2) is 17.9 Å². The highest BCUT2D eigenvalue weighted by Crippen LogP contribution is 2.23. The fraction of sp³-hybridized carbons (Fsp3) is 0.130. The van der Waals surface area contributed by atoms with Crippen molar-refractivity contribution in [2.75, 3.05) is 5.75 Å². The zero-order chi connectivity index (χ0) is 21.3. The molecule has 0 aliphatic rings. The lowest BCUT2D eigenvalue weighted by Crippen LogP contribution is -2.19. The van der Waals surface area contributed by atoms with Crippen molar-refractivity contribution in [2.24, 2.45) is 5.10 Å². The minimum atomic E-state index is -0.168. The second-order valence-electron chi connectivity index (χ2n) is 6.50. The SMILES string of the molecule is Cc1cccc(COc2ccc(/C=N\NC(=O)CSc3ccc(Cl)cc3)cc2I)c1. The highest BCUT2D eigenvalue weighted by atomic mass is 127. The molecule has 0 bridgehead atoms. The van der Waals surface area contributed by atoms with Crippen molar-refractivity contribution in [2.45, 2.75) is 18.4 Å². The first-order chi connectivity index (χ1) is 14.5. The molecule has 0 fully saturated rings. The number of hydrogen-bond acceptors (Lipinski definition) is 4. The maximum absolute atomic E-state index is 11.9. The van der Waals surface area contributed by atoms with Crippen LogP contribution in [0.5, 0.6) is 5.75 Å². The van der Waals surface area contributed by atoms with Crippen molar-refractivity contribution in [3.63, 3.8) is 0 Å². The molecule has 3 aromatic carbocycles. The number of hydrazone groups is 1. The average Bonchev–Trinajstić information content (AvgIpc) is 2.73. The van der Waals surface area contributed by atoms with E-state index in [1.807, 2.05) is 36.4 Å². The lowest BCUT2D eigenvalue weighted by molar-refractivity contribution is -0.118. The van der Waals surface area contributed by atoms with Gasteiger partial charge in [-0.3, -0.25) is 4.79 Å². The van der Waals surface area contributed by atoms with E-state index in [0.29, 0.717) is 11.6 Å². The summed E-state index contributed by atoms with van der Waals surface area (Å²) in [7, 11) is 0. The Labute approximate surface area is 199 Å². The van der Waals surface area contributed by atoms with Crippen molar-refractivity contribution < 1.29 is 9.53 Å². The molecule has 0 aliphatic carbocycles. The number of carbonyl (C=O) groups is 1. The van der Waals surface area contributed by atoms with Crippen molar-refractivity contribution >= 4 is 58.1 Å². The summed E-state index contributed by atoms with van der Waals surface area (Å²) >= 11 is 9.52. The summed E-state index contributed by atoms with van der Waals surface area (Å²) in [5, 5.41) is 4.71. The minimum absolute atomic E-state index is 0.168. The first kappa shape index (κ1) is 22.7. The molecule has 1 amide bonds. The number of amides is 1. The standard InChI is InChI=1S/C23H20ClIN2O2S/c1-16-3-2-4-18(11-16)14-29-22-10-5-17(12-21(22)25)13-26-27-23(28)15-30-20-8-6-19(24)7-9-20/h2-13H,14-15H2,1H3,(H,27,28)/b26-13-. The van der Waals surface area contributed by atoms with Crippen LogP contribution in [0.15, 0.2) is 76.7 Å². The van der Waals surface area contributed by atoms with Gasteiger partial charge in [0.25, 0.3) is 0 Å². The number of carbonyl (C=O) groups excluding carboxylic acids is 1. The second kappa shape index (κ2) is 11.4. The van der Waals surface area contributed by atoms with E-state index in [4.69, 9.17) is 16.3 Å². The van der Waals surface area contributed by atoms with Crippen LogP contribution < -0.4 is 10.2 Å². The molecule has 0 aliphatic heterocycles. The summed E-state index contributed by atoms with van der Waals surface area (Å²) in [4.78, 5) is 12.9. The van der Waals surface area contributed by atoms with Crippen LogP contribution >= 0.6 is 46.0 Å². The first-order valence-corrected chi connectivity index (χ1v) is 11.6. The third kappa shape index (κ3) is 7.34. The predicted octanol–water partition coefficient (Wildman–Crippen LogP) is 6.07. The van der Waals surface area contributed by atoms with E-state index in [0.717, 1.165) is 25.3 Å². The lowest BCUT2D eigenvalue weighted by Gasteiger charge is -2.09. The van der Waals surface area contributed by atoms with Crippen molar-refractivity contribution in [3.8, 4) is 5.75 Å². The van der Waals surface area contributed by atoms with E-state index in [1.165, 1.54) is 17.3 Å². The lowest BCUT2D eigenvalue weighted by atomic mass is 10.1. The normalized spacial score (nSPS) is 10.9. The molecule has 30 heavy (non-hydrogen) atoms. The molecule has 7 heteroatoms. The topological polar surface area (TPSA) is 50.7 Å². The smallest absolute Gasteiger partial charge is 0.250 e. The van der Waals surface area contributed by atoms with Crippen LogP contribution in [-0.2, 0) is 11.4 Å². The number of benzene rings is 3. The Hall–Kier alpha value is -2.03. The first-order valence-electron chi connectivity index (χ1n) is 9.18. The van der Waals surface area contributed by atoms with Crippen LogP contribution in [0.2, 0.25) is 5.02 Å². The van der Waals surface area contributed by atoms with Gasteiger partial charge in [-0.15, -0.1) is 11.8 Å². The van der Waals surface area contributed by atoms with E-state index in [9.17, 15) is 4.79 Å². The number of halogens is 2. The Balaban J connectivity index is 1.47. The molecule has 0 atom stereocenters. The summed E-state index contributed by atoms with van der Waals surface area (Å²) in [5.41, 5.74) is 5.78. The molecule has 3 rings (SSSR count). The number of hydrogen-bond donors (Lipinski definition) is 1. The molecule has 0 heterocycles. The number of thioether (sulfide) groups is 1. The van der Waals surface area contributed by atoms with Gasteiger partial charge < -0.3 is 4.74 Å². The summed E-state index contributed by atoms with van der Waals surface area (Å²) in [6, 6.07) is 21.4. The van der Waals surface area contributed by atoms with Crippen molar-refractivity contribution in [3.05, 3.63) is 92.0 Å². The number of ether oxygens (including phenoxy) is 1. The Morgan fingerprint density at radius 3 is 2.70 bits per heavy atom. The third-order valence-corrected chi connectivity index (χ3v) is 6.13. The Morgan fingerprint density at radius 1 is 1.17 bits per heavy atom. The van der Waals surface area contributed by atoms with Gasteiger partial charge in [0, 0.05) is 9.92 Å². The Bertz CT molecular complexity index is 1040. The summed E-state index contributed by atoms with van der Waals surface area (Å²) < 4.78 is 6.90. The van der Waals surface area contributed by atoms with Gasteiger partial charge in [-0.25, -0.2) is 5.43 Å². The molecule has 0 unspecified atom stereocenters. The molecular formula is C23H20ClIN2O2S. The van der Waals surface area contributed by atoms with E-state index >= 15 is 0 Å². The number of aryl methyl sites for hydroxylation is 1. The van der Waals surface area contributed by atoms with Gasteiger partial charge >= 0.3 is 0 Å². The second-order valence-corrected chi connectivity index (χ2v) is 9.15. The molecule has 0 aromatic heterocycles. The van der Waals surface area contributed by atoms with E-state index in [-0.39, 0.29) is 11.7 Å². The number of nitrogens with one attached hydrogen (secondary N) is 1. The largest absolute Gasteiger partial charge is 0.488 e. The zero-order valence-electron chi connectivity index (χ0n) is 16.3. The van der Waals surface area contributed by atoms with Gasteiger partial charge in [0.2, 0.25) is 5.91 Å². The van der Waals surface area contributed by atoms with E-state index in [2.05, 4.69) is 58.2 Å². The monoisotopic (exact) mass is 550 g/mol. The van der Waals surface area contributed by atoms with Gasteiger partial charge in [0.05, 0.1) is 15.5 Å². The fourth-order valence-electron chi connectivity index (χ4n) is 2.57. The van der Waals surface area contributed by atoms with Crippen molar-refractivity contribution in [1.29, 1.82) is 0 Å². The van der Waals surface area contributed by atoms with Crippen LogP contribution in [0.4, 0.5) is 0 Å². The molecule has 4 nitrogen and oxygen atoms in total. The summed E-state index contributed by atoms with van der Waals surface area (Å²) in [6.45, 7) is 2.59. The summed E-state index contributed by atoms with van der Waals surface area (Å²) in [6.07, 6.45) is 1.62. The molecule has 1 N–H and O–H groups in total. The van der Waals surface area contributed by atoms with Crippen LogP contribution in [0, 0.1) is 10.5 Å². The van der Waals surface area contributed by atoms with Crippen LogP contribution in [0.3, 0.4) is 0 Å². The number of nitrogens with zero attached hydrogens (tertiary/aromatic N) is 1. The van der Waals surface area contributed by atoms with Gasteiger partial charge in [-0.05, 0) is 83.1 Å². The highest BCUT2D eigenvalue weighted by molar-refractivity contribution is 14.1.